The van der Waals surface area contributed by atoms with Gasteiger partial charge in [-0.1, -0.05) is 23.2 Å². The molecular formula is C17H14Cl3NO3S. The van der Waals surface area contributed by atoms with Gasteiger partial charge in [-0.3, -0.25) is 0 Å². The van der Waals surface area contributed by atoms with E-state index in [1.54, 1.807) is 18.2 Å². The summed E-state index contributed by atoms with van der Waals surface area (Å²) in [7, 11) is -3.71. The van der Waals surface area contributed by atoms with Crippen LogP contribution in [0.25, 0.3) is 11.0 Å². The maximum absolute atomic E-state index is 12.9. The van der Waals surface area contributed by atoms with Crippen molar-refractivity contribution in [3.63, 3.8) is 0 Å². The zero-order valence-electron chi connectivity index (χ0n) is 12.9. The third-order valence-electron chi connectivity index (χ3n) is 4.13. The monoisotopic (exact) mass is 417 g/mol. The molecule has 2 aromatic carbocycles. The summed E-state index contributed by atoms with van der Waals surface area (Å²) in [5.41, 5.74) is 1.73. The van der Waals surface area contributed by atoms with E-state index in [-0.39, 0.29) is 32.2 Å². The average molecular weight is 419 g/mol. The van der Waals surface area contributed by atoms with Gasteiger partial charge >= 0.3 is 0 Å². The normalized spacial score (nSPS) is 14.2. The lowest BCUT2D eigenvalue weighted by atomic mass is 10.1. The molecule has 1 aromatic heterocycles. The van der Waals surface area contributed by atoms with Crippen molar-refractivity contribution >= 4 is 56.4 Å². The van der Waals surface area contributed by atoms with Crippen LogP contribution in [0.3, 0.4) is 0 Å². The van der Waals surface area contributed by atoms with Crippen LogP contribution in [0.2, 0.25) is 10.0 Å². The zero-order valence-corrected chi connectivity index (χ0v) is 16.0. The van der Waals surface area contributed by atoms with Crippen molar-refractivity contribution in [2.24, 2.45) is 0 Å². The average Bonchev–Trinajstić information content (AvgIpc) is 2.91. The molecule has 0 aliphatic carbocycles. The zero-order chi connectivity index (χ0) is 16.9. The van der Waals surface area contributed by atoms with Gasteiger partial charge in [0.05, 0.1) is 9.79 Å². The molecule has 2 heterocycles. The Hall–Kier alpha value is -1.24. The molecule has 0 spiro atoms. The second kappa shape index (κ2) is 6.82. The summed E-state index contributed by atoms with van der Waals surface area (Å²) >= 11 is 11.9. The van der Waals surface area contributed by atoms with Crippen LogP contribution in [0.15, 0.2) is 50.6 Å². The van der Waals surface area contributed by atoms with Crippen molar-refractivity contribution in [2.75, 3.05) is 6.54 Å². The van der Waals surface area contributed by atoms with Crippen molar-refractivity contribution < 1.29 is 12.8 Å². The first-order chi connectivity index (χ1) is 11.4. The van der Waals surface area contributed by atoms with E-state index in [4.69, 9.17) is 27.6 Å². The summed E-state index contributed by atoms with van der Waals surface area (Å²) in [5, 5.41) is 4.67. The Morgan fingerprint density at radius 3 is 2.44 bits per heavy atom. The summed E-state index contributed by atoms with van der Waals surface area (Å²) in [6.07, 6.45) is 0.802. The maximum atomic E-state index is 12.9. The van der Waals surface area contributed by atoms with Gasteiger partial charge in [0.2, 0.25) is 9.84 Å². The molecule has 4 nitrogen and oxygen atoms in total. The predicted octanol–water partition coefficient (Wildman–Crippen LogP) is 4.64. The van der Waals surface area contributed by atoms with E-state index in [1.807, 2.05) is 0 Å². The molecule has 3 aromatic rings. The third-order valence-corrected chi connectivity index (χ3v) is 6.30. The molecule has 132 valence electrons. The molecular weight excluding hydrogens is 405 g/mol. The van der Waals surface area contributed by atoms with E-state index in [9.17, 15) is 8.42 Å². The Bertz CT molecular complexity index is 1040. The predicted molar refractivity (Wildman–Crippen MR) is 101 cm³/mol. The number of hydrogen-bond donors (Lipinski definition) is 1. The minimum absolute atomic E-state index is 0. The van der Waals surface area contributed by atoms with Crippen LogP contribution in [0.4, 0.5) is 0 Å². The van der Waals surface area contributed by atoms with Crippen molar-refractivity contribution in [3.05, 3.63) is 57.8 Å². The second-order valence-corrected chi connectivity index (χ2v) is 8.52. The summed E-state index contributed by atoms with van der Waals surface area (Å²) in [5.74, 6) is 0.920. The first kappa shape index (κ1) is 18.5. The fraction of sp³-hybridized carbons (Fsp3) is 0.176. The highest BCUT2D eigenvalue weighted by Crippen LogP contribution is 2.33. The van der Waals surface area contributed by atoms with Crippen LogP contribution < -0.4 is 5.32 Å². The van der Waals surface area contributed by atoms with Gasteiger partial charge in [-0.25, -0.2) is 8.42 Å². The molecule has 0 atom stereocenters. The SMILES string of the molecule is Cl.O=S(=O)(c1cc(Cl)cc(Cl)c1)c1ccc2oc3c(c2c1)CNCC3. The van der Waals surface area contributed by atoms with Gasteiger partial charge in [0.15, 0.2) is 0 Å². The van der Waals surface area contributed by atoms with Crippen molar-refractivity contribution in [3.8, 4) is 0 Å². The molecule has 25 heavy (non-hydrogen) atoms. The third kappa shape index (κ3) is 3.27. The molecule has 1 N–H and O–H groups in total. The van der Waals surface area contributed by atoms with E-state index in [2.05, 4.69) is 5.32 Å². The van der Waals surface area contributed by atoms with Gasteiger partial charge in [-0.2, -0.15) is 0 Å². The molecule has 8 heteroatoms. The lowest BCUT2D eigenvalue weighted by Crippen LogP contribution is -2.22. The molecule has 0 saturated heterocycles. The van der Waals surface area contributed by atoms with Crippen LogP contribution in [-0.4, -0.2) is 15.0 Å². The molecule has 4 rings (SSSR count). The minimum atomic E-state index is -3.71. The molecule has 0 saturated carbocycles. The Kier molecular flexibility index (Phi) is 5.06. The van der Waals surface area contributed by atoms with Gasteiger partial charge in [0.1, 0.15) is 11.3 Å². The summed E-state index contributed by atoms with van der Waals surface area (Å²) in [6.45, 7) is 1.54. The standard InChI is InChI=1S/C17H13Cl2NO3S.ClH/c18-10-5-11(19)7-13(6-10)24(21,22)12-1-2-16-14(8-12)15-9-20-4-3-17(15)23-16;/h1-2,5-8,20H,3-4,9H2;1H. The van der Waals surface area contributed by atoms with Gasteiger partial charge in [0, 0.05) is 40.5 Å². The molecule has 0 unspecified atom stereocenters. The van der Waals surface area contributed by atoms with Crippen LogP contribution in [0.5, 0.6) is 0 Å². The largest absolute Gasteiger partial charge is 0.461 e. The molecule has 1 aliphatic heterocycles. The first-order valence-electron chi connectivity index (χ1n) is 7.41. The van der Waals surface area contributed by atoms with Crippen LogP contribution in [0, 0.1) is 0 Å². The minimum Gasteiger partial charge on any atom is -0.461 e. The number of hydrogen-bond acceptors (Lipinski definition) is 4. The van der Waals surface area contributed by atoms with E-state index in [0.717, 1.165) is 29.7 Å². The summed E-state index contributed by atoms with van der Waals surface area (Å²) in [4.78, 5) is 0.275. The van der Waals surface area contributed by atoms with Crippen LogP contribution in [-0.2, 0) is 22.8 Å². The maximum Gasteiger partial charge on any atom is 0.206 e. The highest BCUT2D eigenvalue weighted by Gasteiger charge is 2.23. The number of rotatable bonds is 2. The topological polar surface area (TPSA) is 59.3 Å². The number of nitrogens with one attached hydrogen (secondary N) is 1. The van der Waals surface area contributed by atoms with Gasteiger partial charge in [-0.15, -0.1) is 12.4 Å². The van der Waals surface area contributed by atoms with E-state index in [0.29, 0.717) is 12.1 Å². The second-order valence-electron chi connectivity index (χ2n) is 5.70. The van der Waals surface area contributed by atoms with Gasteiger partial charge < -0.3 is 9.73 Å². The van der Waals surface area contributed by atoms with Gasteiger partial charge in [0.25, 0.3) is 0 Å². The van der Waals surface area contributed by atoms with Crippen LogP contribution in [0.1, 0.15) is 11.3 Å². The molecule has 1 aliphatic rings. The fourth-order valence-corrected chi connectivity index (χ4v) is 4.99. The number of halogens is 3. The highest BCUT2D eigenvalue weighted by molar-refractivity contribution is 7.91. The number of furan rings is 1. The Labute approximate surface area is 161 Å². The fourth-order valence-electron chi connectivity index (χ4n) is 2.98. The van der Waals surface area contributed by atoms with Crippen molar-refractivity contribution in [1.29, 1.82) is 0 Å². The number of benzene rings is 2. The van der Waals surface area contributed by atoms with Gasteiger partial charge in [-0.05, 0) is 36.4 Å². The molecule has 0 amide bonds. The highest BCUT2D eigenvalue weighted by atomic mass is 35.5. The lowest BCUT2D eigenvalue weighted by molar-refractivity contribution is 0.500. The Balaban J connectivity index is 0.00000182. The number of sulfone groups is 1. The van der Waals surface area contributed by atoms with E-state index >= 15 is 0 Å². The molecule has 0 radical (unpaired) electrons. The Morgan fingerprint density at radius 1 is 1.00 bits per heavy atom. The molecule has 0 bridgehead atoms. The lowest BCUT2D eigenvalue weighted by Gasteiger charge is -2.11. The number of fused-ring (bicyclic) bond motifs is 3. The van der Waals surface area contributed by atoms with Crippen molar-refractivity contribution in [1.82, 2.24) is 5.32 Å². The summed E-state index contributed by atoms with van der Waals surface area (Å²) < 4.78 is 31.6. The Morgan fingerprint density at radius 2 is 1.72 bits per heavy atom. The quantitative estimate of drug-likeness (QED) is 0.658. The smallest absolute Gasteiger partial charge is 0.206 e. The molecule has 0 fully saturated rings. The van der Waals surface area contributed by atoms with E-state index in [1.165, 1.54) is 18.2 Å². The van der Waals surface area contributed by atoms with E-state index < -0.39 is 9.84 Å². The van der Waals surface area contributed by atoms with Crippen LogP contribution >= 0.6 is 35.6 Å². The first-order valence-corrected chi connectivity index (χ1v) is 9.65. The van der Waals surface area contributed by atoms with Crippen molar-refractivity contribution in [2.45, 2.75) is 22.8 Å². The summed E-state index contributed by atoms with van der Waals surface area (Å²) in [6, 6.07) is 9.22.